The van der Waals surface area contributed by atoms with Crippen molar-refractivity contribution in [3.05, 3.63) is 47.8 Å². The number of amidine groups is 1. The van der Waals surface area contributed by atoms with Crippen LogP contribution in [0.1, 0.15) is 17.0 Å². The number of aryl methyl sites for hydroxylation is 1. The first-order valence-electron chi connectivity index (χ1n) is 5.10. The molecule has 0 fully saturated rings. The molecule has 0 aliphatic carbocycles. The molecule has 2 heterocycles. The molecule has 0 radical (unpaired) electrons. The summed E-state index contributed by atoms with van der Waals surface area (Å²) in [6, 6.07) is 2.03. The normalized spacial score (nSPS) is 11.7. The van der Waals surface area contributed by atoms with Crippen LogP contribution in [0.25, 0.3) is 0 Å². The van der Waals surface area contributed by atoms with Gasteiger partial charge < -0.3 is 15.5 Å². The molecular formula is C11H13N5O. The fraction of sp³-hybridized carbons (Fsp3) is 0.182. The van der Waals surface area contributed by atoms with Crippen LogP contribution in [0.2, 0.25) is 0 Å². The molecule has 2 aromatic rings. The average molecular weight is 231 g/mol. The van der Waals surface area contributed by atoms with Crippen molar-refractivity contribution < 1.29 is 5.21 Å². The van der Waals surface area contributed by atoms with Crippen LogP contribution in [0.3, 0.4) is 0 Å². The summed E-state index contributed by atoms with van der Waals surface area (Å²) in [4.78, 5) is 8.15. The summed E-state index contributed by atoms with van der Waals surface area (Å²) >= 11 is 0. The van der Waals surface area contributed by atoms with Crippen molar-refractivity contribution in [3.63, 3.8) is 0 Å². The molecule has 0 bridgehead atoms. The Kier molecular flexibility index (Phi) is 3.04. The van der Waals surface area contributed by atoms with E-state index in [1.54, 1.807) is 29.4 Å². The Hall–Kier alpha value is -2.37. The lowest BCUT2D eigenvalue weighted by Crippen LogP contribution is -2.19. The number of pyridine rings is 1. The zero-order chi connectivity index (χ0) is 12.3. The maximum absolute atomic E-state index is 8.64. The highest BCUT2D eigenvalue weighted by Crippen LogP contribution is 2.06. The molecular weight excluding hydrogens is 218 g/mol. The summed E-state index contributed by atoms with van der Waals surface area (Å²) in [5, 5.41) is 11.6. The Bertz CT molecular complexity index is 546. The van der Waals surface area contributed by atoms with Gasteiger partial charge in [0, 0.05) is 24.8 Å². The van der Waals surface area contributed by atoms with Gasteiger partial charge in [0.15, 0.2) is 5.82 Å². The summed E-state index contributed by atoms with van der Waals surface area (Å²) in [5.74, 6) is 0.435. The van der Waals surface area contributed by atoms with E-state index < -0.39 is 0 Å². The Morgan fingerprint density at radius 2 is 2.35 bits per heavy atom. The van der Waals surface area contributed by atoms with Crippen LogP contribution in [0.5, 0.6) is 0 Å². The molecule has 0 atom stereocenters. The number of nitrogens with zero attached hydrogens (tertiary/aromatic N) is 4. The van der Waals surface area contributed by atoms with E-state index >= 15 is 0 Å². The van der Waals surface area contributed by atoms with Crippen LogP contribution >= 0.6 is 0 Å². The molecule has 0 saturated carbocycles. The lowest BCUT2D eigenvalue weighted by molar-refractivity contribution is 0.318. The second-order valence-corrected chi connectivity index (χ2v) is 3.73. The topological polar surface area (TPSA) is 89.3 Å². The first kappa shape index (κ1) is 11.1. The summed E-state index contributed by atoms with van der Waals surface area (Å²) in [6.07, 6.45) is 6.96. The Balaban J connectivity index is 2.28. The van der Waals surface area contributed by atoms with Crippen molar-refractivity contribution in [2.75, 3.05) is 0 Å². The highest BCUT2D eigenvalue weighted by atomic mass is 16.4. The molecule has 2 aromatic heterocycles. The summed E-state index contributed by atoms with van der Waals surface area (Å²) in [5.41, 5.74) is 7.65. The van der Waals surface area contributed by atoms with Gasteiger partial charge in [0.2, 0.25) is 5.84 Å². The predicted molar refractivity (Wildman–Crippen MR) is 62.8 cm³/mol. The summed E-state index contributed by atoms with van der Waals surface area (Å²) in [7, 11) is 0. The molecule has 0 saturated heterocycles. The van der Waals surface area contributed by atoms with Crippen molar-refractivity contribution >= 4 is 5.84 Å². The quantitative estimate of drug-likeness (QED) is 0.352. The number of nitrogens with two attached hydrogens (primary N) is 1. The predicted octanol–water partition coefficient (Wildman–Crippen LogP) is 0.729. The second kappa shape index (κ2) is 4.65. The molecule has 6 nitrogen and oxygen atoms in total. The monoisotopic (exact) mass is 231 g/mol. The second-order valence-electron chi connectivity index (χ2n) is 3.73. The average Bonchev–Trinajstić information content (AvgIpc) is 2.76. The van der Waals surface area contributed by atoms with Crippen molar-refractivity contribution in [2.45, 2.75) is 13.5 Å². The zero-order valence-electron chi connectivity index (χ0n) is 9.41. The molecule has 0 unspecified atom stereocenters. The van der Waals surface area contributed by atoms with Gasteiger partial charge in [-0.25, -0.2) is 4.98 Å². The van der Waals surface area contributed by atoms with Gasteiger partial charge in [-0.2, -0.15) is 0 Å². The Morgan fingerprint density at radius 1 is 1.53 bits per heavy atom. The molecule has 0 aliphatic rings. The summed E-state index contributed by atoms with van der Waals surface area (Å²) in [6.45, 7) is 2.56. The third kappa shape index (κ3) is 2.41. The SMILES string of the molecule is Cc1cncc(Cn2ccnc2/C(N)=N/O)c1. The zero-order valence-corrected chi connectivity index (χ0v) is 9.41. The number of rotatable bonds is 3. The van der Waals surface area contributed by atoms with E-state index in [1.165, 1.54) is 0 Å². The van der Waals surface area contributed by atoms with Crippen LogP contribution < -0.4 is 5.73 Å². The highest BCUT2D eigenvalue weighted by molar-refractivity contribution is 5.93. The Labute approximate surface area is 98.4 Å². The van der Waals surface area contributed by atoms with E-state index in [4.69, 9.17) is 10.9 Å². The molecule has 0 spiro atoms. The third-order valence-corrected chi connectivity index (χ3v) is 2.34. The van der Waals surface area contributed by atoms with Gasteiger partial charge in [-0.3, -0.25) is 4.98 Å². The number of aromatic nitrogens is 3. The van der Waals surface area contributed by atoms with Gasteiger partial charge in [0.05, 0.1) is 6.54 Å². The first-order valence-corrected chi connectivity index (χ1v) is 5.10. The standard InChI is InChI=1S/C11H13N5O/c1-8-4-9(6-13-5-8)7-16-3-2-14-11(16)10(12)15-17/h2-6,17H,7H2,1H3,(H2,12,15). The molecule has 6 heteroatoms. The molecule has 2 rings (SSSR count). The number of hydrogen-bond acceptors (Lipinski definition) is 4. The van der Waals surface area contributed by atoms with Crippen LogP contribution in [0.4, 0.5) is 0 Å². The van der Waals surface area contributed by atoms with Crippen LogP contribution in [-0.4, -0.2) is 25.6 Å². The van der Waals surface area contributed by atoms with Crippen LogP contribution in [0.15, 0.2) is 36.0 Å². The van der Waals surface area contributed by atoms with E-state index in [9.17, 15) is 0 Å². The smallest absolute Gasteiger partial charge is 0.206 e. The lowest BCUT2D eigenvalue weighted by atomic mass is 10.2. The van der Waals surface area contributed by atoms with E-state index in [-0.39, 0.29) is 5.84 Å². The third-order valence-electron chi connectivity index (χ3n) is 2.34. The fourth-order valence-electron chi connectivity index (χ4n) is 1.62. The Morgan fingerprint density at radius 3 is 3.06 bits per heavy atom. The molecule has 3 N–H and O–H groups in total. The van der Waals surface area contributed by atoms with E-state index in [1.807, 2.05) is 13.0 Å². The molecule has 17 heavy (non-hydrogen) atoms. The van der Waals surface area contributed by atoms with Gasteiger partial charge in [0.25, 0.3) is 0 Å². The minimum absolute atomic E-state index is 0.00406. The van der Waals surface area contributed by atoms with E-state index in [0.29, 0.717) is 12.4 Å². The minimum atomic E-state index is -0.00406. The van der Waals surface area contributed by atoms with Gasteiger partial charge >= 0.3 is 0 Å². The van der Waals surface area contributed by atoms with Gasteiger partial charge in [0.1, 0.15) is 0 Å². The van der Waals surface area contributed by atoms with Crippen molar-refractivity contribution in [3.8, 4) is 0 Å². The van der Waals surface area contributed by atoms with Crippen LogP contribution in [0, 0.1) is 6.92 Å². The van der Waals surface area contributed by atoms with E-state index in [0.717, 1.165) is 11.1 Å². The van der Waals surface area contributed by atoms with Gasteiger partial charge in [-0.15, -0.1) is 0 Å². The molecule has 88 valence electrons. The van der Waals surface area contributed by atoms with Crippen molar-refractivity contribution in [2.24, 2.45) is 10.9 Å². The number of hydrogen-bond donors (Lipinski definition) is 2. The fourth-order valence-corrected chi connectivity index (χ4v) is 1.62. The van der Waals surface area contributed by atoms with E-state index in [2.05, 4.69) is 15.1 Å². The number of imidazole rings is 1. The highest BCUT2D eigenvalue weighted by Gasteiger charge is 2.08. The van der Waals surface area contributed by atoms with Crippen molar-refractivity contribution in [1.29, 1.82) is 0 Å². The van der Waals surface area contributed by atoms with Gasteiger partial charge in [-0.1, -0.05) is 11.2 Å². The molecule has 0 aromatic carbocycles. The summed E-state index contributed by atoms with van der Waals surface area (Å²) < 4.78 is 1.80. The largest absolute Gasteiger partial charge is 0.409 e. The minimum Gasteiger partial charge on any atom is -0.409 e. The molecule has 0 aliphatic heterocycles. The van der Waals surface area contributed by atoms with Gasteiger partial charge in [-0.05, 0) is 18.1 Å². The van der Waals surface area contributed by atoms with Crippen LogP contribution in [-0.2, 0) is 6.54 Å². The lowest BCUT2D eigenvalue weighted by Gasteiger charge is -2.06. The maximum Gasteiger partial charge on any atom is 0.206 e. The first-order chi connectivity index (χ1) is 8.20. The molecule has 0 amide bonds. The van der Waals surface area contributed by atoms with Crippen molar-refractivity contribution in [1.82, 2.24) is 14.5 Å². The maximum atomic E-state index is 8.64. The number of oxime groups is 1.